The third-order valence-electron chi connectivity index (χ3n) is 6.02. The van der Waals surface area contributed by atoms with E-state index in [-0.39, 0.29) is 36.4 Å². The second-order valence-electron chi connectivity index (χ2n) is 7.66. The van der Waals surface area contributed by atoms with Gasteiger partial charge in [-0.15, -0.1) is 0 Å². The average molecular weight is 410 g/mol. The highest BCUT2D eigenvalue weighted by Gasteiger charge is 2.51. The SMILES string of the molecule is CON(C)C(=O)[C@H]1CC=C[C@H]2[C@@H]1C[C@@H](c1ccco1)N2C(=O)OCc1ccccc1. The highest BCUT2D eigenvalue weighted by atomic mass is 16.7. The first-order valence-corrected chi connectivity index (χ1v) is 10.1. The second-order valence-corrected chi connectivity index (χ2v) is 7.66. The van der Waals surface area contributed by atoms with Gasteiger partial charge in [-0.25, -0.2) is 9.86 Å². The number of ether oxygens (including phenoxy) is 1. The lowest BCUT2D eigenvalue weighted by Crippen LogP contribution is -2.44. The van der Waals surface area contributed by atoms with Gasteiger partial charge in [0.1, 0.15) is 12.4 Å². The maximum Gasteiger partial charge on any atom is 0.411 e. The number of fused-ring (bicyclic) bond motifs is 1. The van der Waals surface area contributed by atoms with Crippen LogP contribution in [0.1, 0.15) is 30.2 Å². The minimum Gasteiger partial charge on any atom is -0.467 e. The summed E-state index contributed by atoms with van der Waals surface area (Å²) in [5.41, 5.74) is 0.921. The Balaban J connectivity index is 1.58. The molecule has 0 radical (unpaired) electrons. The molecule has 2 aliphatic rings. The molecule has 2 amide bonds. The van der Waals surface area contributed by atoms with Crippen molar-refractivity contribution in [3.05, 3.63) is 72.2 Å². The van der Waals surface area contributed by atoms with Crippen LogP contribution >= 0.6 is 0 Å². The minimum atomic E-state index is -0.411. The van der Waals surface area contributed by atoms with E-state index in [0.29, 0.717) is 18.6 Å². The van der Waals surface area contributed by atoms with E-state index in [0.717, 1.165) is 5.56 Å². The molecule has 0 bridgehead atoms. The molecule has 0 saturated carbocycles. The molecule has 1 aliphatic heterocycles. The van der Waals surface area contributed by atoms with Crippen LogP contribution in [0.4, 0.5) is 4.79 Å². The van der Waals surface area contributed by atoms with Crippen LogP contribution in [0, 0.1) is 11.8 Å². The van der Waals surface area contributed by atoms with Gasteiger partial charge in [-0.2, -0.15) is 0 Å². The molecule has 30 heavy (non-hydrogen) atoms. The summed E-state index contributed by atoms with van der Waals surface area (Å²) >= 11 is 0. The summed E-state index contributed by atoms with van der Waals surface area (Å²) < 4.78 is 11.3. The third kappa shape index (κ3) is 3.85. The number of furan rings is 1. The summed E-state index contributed by atoms with van der Waals surface area (Å²) in [5.74, 6) is 0.295. The molecule has 1 saturated heterocycles. The number of carbonyl (C=O) groups is 2. The van der Waals surface area contributed by atoms with E-state index in [9.17, 15) is 9.59 Å². The van der Waals surface area contributed by atoms with Crippen molar-refractivity contribution in [1.29, 1.82) is 0 Å². The predicted molar refractivity (Wildman–Crippen MR) is 109 cm³/mol. The Hall–Kier alpha value is -3.06. The molecule has 7 heteroatoms. The number of benzene rings is 1. The Kier molecular flexibility index (Phi) is 5.90. The number of nitrogens with zero attached hydrogens (tertiary/aromatic N) is 2. The van der Waals surface area contributed by atoms with E-state index in [1.165, 1.54) is 12.2 Å². The van der Waals surface area contributed by atoms with Gasteiger partial charge in [-0.3, -0.25) is 14.5 Å². The Morgan fingerprint density at radius 1 is 1.20 bits per heavy atom. The lowest BCUT2D eigenvalue weighted by Gasteiger charge is -2.34. The van der Waals surface area contributed by atoms with Gasteiger partial charge in [0.2, 0.25) is 5.91 Å². The molecule has 158 valence electrons. The van der Waals surface area contributed by atoms with Crippen molar-refractivity contribution in [2.75, 3.05) is 14.2 Å². The number of amides is 2. The van der Waals surface area contributed by atoms with E-state index in [1.807, 2.05) is 54.6 Å². The van der Waals surface area contributed by atoms with E-state index in [2.05, 4.69) is 0 Å². The minimum absolute atomic E-state index is 0.0422. The first kappa shape index (κ1) is 20.2. The van der Waals surface area contributed by atoms with Crippen LogP contribution in [0.3, 0.4) is 0 Å². The van der Waals surface area contributed by atoms with Gasteiger partial charge in [-0.05, 0) is 36.5 Å². The zero-order valence-corrected chi connectivity index (χ0v) is 17.1. The molecule has 0 N–H and O–H groups in total. The fourth-order valence-corrected chi connectivity index (χ4v) is 4.49. The smallest absolute Gasteiger partial charge is 0.411 e. The van der Waals surface area contributed by atoms with Gasteiger partial charge in [0.05, 0.1) is 25.5 Å². The molecule has 0 spiro atoms. The van der Waals surface area contributed by atoms with Crippen LogP contribution in [-0.4, -0.2) is 42.2 Å². The van der Waals surface area contributed by atoms with Crippen LogP contribution in [0.2, 0.25) is 0 Å². The maximum atomic E-state index is 13.2. The predicted octanol–water partition coefficient (Wildman–Crippen LogP) is 3.94. The quantitative estimate of drug-likeness (QED) is 0.551. The van der Waals surface area contributed by atoms with E-state index in [1.54, 1.807) is 18.2 Å². The Morgan fingerprint density at radius 3 is 2.70 bits per heavy atom. The van der Waals surface area contributed by atoms with Gasteiger partial charge in [0.25, 0.3) is 0 Å². The normalized spacial score (nSPS) is 25.1. The summed E-state index contributed by atoms with van der Waals surface area (Å²) in [6.07, 6.45) is 6.40. The Labute approximate surface area is 175 Å². The van der Waals surface area contributed by atoms with Crippen molar-refractivity contribution in [3.8, 4) is 0 Å². The van der Waals surface area contributed by atoms with Gasteiger partial charge < -0.3 is 9.15 Å². The third-order valence-corrected chi connectivity index (χ3v) is 6.02. The summed E-state index contributed by atoms with van der Waals surface area (Å²) in [6.45, 7) is 0.191. The fourth-order valence-electron chi connectivity index (χ4n) is 4.49. The van der Waals surface area contributed by atoms with Gasteiger partial charge in [0.15, 0.2) is 0 Å². The molecule has 1 aliphatic carbocycles. The first-order chi connectivity index (χ1) is 14.6. The molecule has 4 atom stereocenters. The van der Waals surface area contributed by atoms with Crippen molar-refractivity contribution in [3.63, 3.8) is 0 Å². The molecule has 7 nitrogen and oxygen atoms in total. The second kappa shape index (κ2) is 8.75. The Bertz CT molecular complexity index is 896. The lowest BCUT2D eigenvalue weighted by molar-refractivity contribution is -0.175. The van der Waals surface area contributed by atoms with Gasteiger partial charge >= 0.3 is 6.09 Å². The van der Waals surface area contributed by atoms with Crippen LogP contribution in [0.25, 0.3) is 0 Å². The number of likely N-dealkylation sites (tertiary alicyclic amines) is 1. The highest BCUT2D eigenvalue weighted by molar-refractivity contribution is 5.79. The molecule has 4 rings (SSSR count). The molecule has 0 unspecified atom stereocenters. The number of carbonyl (C=O) groups excluding carboxylic acids is 2. The molecule has 2 heterocycles. The van der Waals surface area contributed by atoms with E-state index in [4.69, 9.17) is 14.0 Å². The first-order valence-electron chi connectivity index (χ1n) is 10.1. The van der Waals surface area contributed by atoms with Crippen LogP contribution in [-0.2, 0) is 21.0 Å². The number of allylic oxidation sites excluding steroid dienone is 1. The molecule has 1 aromatic heterocycles. The average Bonchev–Trinajstić information content (AvgIpc) is 3.44. The summed E-state index contributed by atoms with van der Waals surface area (Å²) in [5, 5.41) is 1.26. The van der Waals surface area contributed by atoms with E-state index < -0.39 is 6.09 Å². The maximum absolute atomic E-state index is 13.2. The Morgan fingerprint density at radius 2 is 2.00 bits per heavy atom. The number of hydrogen-bond acceptors (Lipinski definition) is 5. The van der Waals surface area contributed by atoms with Gasteiger partial charge in [-0.1, -0.05) is 42.5 Å². The summed E-state index contributed by atoms with van der Waals surface area (Å²) in [6, 6.07) is 12.7. The van der Waals surface area contributed by atoms with Crippen LogP contribution in [0.15, 0.2) is 65.3 Å². The van der Waals surface area contributed by atoms with Crippen molar-refractivity contribution in [2.24, 2.45) is 11.8 Å². The van der Waals surface area contributed by atoms with Gasteiger partial charge in [0, 0.05) is 13.0 Å². The number of rotatable bonds is 5. The fraction of sp³-hybridized carbons (Fsp3) is 0.391. The van der Waals surface area contributed by atoms with E-state index >= 15 is 0 Å². The molecular weight excluding hydrogens is 384 g/mol. The van der Waals surface area contributed by atoms with Crippen molar-refractivity contribution >= 4 is 12.0 Å². The van der Waals surface area contributed by atoms with Crippen LogP contribution in [0.5, 0.6) is 0 Å². The molecule has 1 fully saturated rings. The summed E-state index contributed by atoms with van der Waals surface area (Å²) in [4.78, 5) is 32.8. The topological polar surface area (TPSA) is 72.2 Å². The van der Waals surface area contributed by atoms with Crippen molar-refractivity contribution in [1.82, 2.24) is 9.96 Å². The largest absolute Gasteiger partial charge is 0.467 e. The molecule has 1 aromatic carbocycles. The standard InChI is InChI=1S/C23H26N2O5/c1-24(28-2)22(26)17-10-6-11-19-18(17)14-20(21-12-7-13-29-21)25(19)23(27)30-15-16-8-4-3-5-9-16/h3-9,11-13,17-20H,10,14-15H2,1-2H3/t17-,18+,19-,20-/m0/s1. The zero-order valence-electron chi connectivity index (χ0n) is 17.1. The monoisotopic (exact) mass is 410 g/mol. The van der Waals surface area contributed by atoms with Crippen LogP contribution < -0.4 is 0 Å². The summed E-state index contributed by atoms with van der Waals surface area (Å²) in [7, 11) is 3.09. The van der Waals surface area contributed by atoms with Crippen molar-refractivity contribution in [2.45, 2.75) is 31.5 Å². The molecule has 2 aromatic rings. The number of hydrogen-bond donors (Lipinski definition) is 0. The lowest BCUT2D eigenvalue weighted by atomic mass is 9.78. The highest BCUT2D eigenvalue weighted by Crippen LogP contribution is 2.47. The molecular formula is C23H26N2O5. The van der Waals surface area contributed by atoms with Crippen molar-refractivity contribution < 1.29 is 23.6 Å². The zero-order chi connectivity index (χ0) is 21.1. The number of hydroxylamine groups is 2.